The van der Waals surface area contributed by atoms with Gasteiger partial charge in [0, 0.05) is 23.2 Å². The number of hydrogen-bond donors (Lipinski definition) is 6. The van der Waals surface area contributed by atoms with E-state index in [0.717, 1.165) is 28.9 Å². The van der Waals surface area contributed by atoms with E-state index in [-0.39, 0.29) is 23.4 Å². The topological polar surface area (TPSA) is 132 Å². The molecule has 2 aromatic carbocycles. The number of nitrogens with two attached hydrogens (primary N) is 1. The standard InChI is InChI=1S/C24H24N2O4.C4H9N/c1-13-6-7-18(27)21(28)19(13)23-12-16(8-10-24(23,30)14(23)2)26-22(29)17-5-3-4-15-9-11-25-20(15)17;5-3-4-1-2-4/h3-7,9,11,16,25,27-28,30H,2,8,10,12H2,1H3,(H,26,29);4H,1-3,5H2. The summed E-state index contributed by atoms with van der Waals surface area (Å²) in [6.45, 7) is 6.84. The summed E-state index contributed by atoms with van der Waals surface area (Å²) < 4.78 is 0. The summed E-state index contributed by atoms with van der Waals surface area (Å²) in [5.41, 5.74) is 6.47. The van der Waals surface area contributed by atoms with Crippen LogP contribution in [0.1, 0.15) is 53.6 Å². The molecule has 184 valence electrons. The Morgan fingerprint density at radius 2 is 1.97 bits per heavy atom. The molecule has 3 saturated carbocycles. The first-order chi connectivity index (χ1) is 16.7. The van der Waals surface area contributed by atoms with E-state index in [4.69, 9.17) is 5.73 Å². The molecule has 0 spiro atoms. The number of aryl methyl sites for hydroxylation is 1. The van der Waals surface area contributed by atoms with Gasteiger partial charge in [0.2, 0.25) is 0 Å². The molecule has 3 aliphatic carbocycles. The van der Waals surface area contributed by atoms with E-state index in [1.807, 2.05) is 25.1 Å². The van der Waals surface area contributed by atoms with E-state index in [0.29, 0.717) is 36.0 Å². The Morgan fingerprint density at radius 3 is 2.66 bits per heavy atom. The van der Waals surface area contributed by atoms with Crippen molar-refractivity contribution in [3.8, 4) is 11.5 Å². The molecule has 3 atom stereocenters. The van der Waals surface area contributed by atoms with E-state index in [9.17, 15) is 20.1 Å². The number of para-hydroxylation sites is 1. The smallest absolute Gasteiger partial charge is 0.253 e. The first-order valence-electron chi connectivity index (χ1n) is 12.2. The highest BCUT2D eigenvalue weighted by Crippen LogP contribution is 2.71. The van der Waals surface area contributed by atoms with E-state index >= 15 is 0 Å². The molecule has 0 aliphatic heterocycles. The van der Waals surface area contributed by atoms with E-state index < -0.39 is 11.0 Å². The van der Waals surface area contributed by atoms with Crippen molar-refractivity contribution in [2.24, 2.45) is 11.7 Å². The number of rotatable bonds is 4. The molecular weight excluding hydrogens is 442 g/mol. The van der Waals surface area contributed by atoms with Crippen molar-refractivity contribution in [2.45, 2.75) is 56.1 Å². The maximum Gasteiger partial charge on any atom is 0.253 e. The summed E-state index contributed by atoms with van der Waals surface area (Å²) in [5, 5.41) is 36.0. The molecule has 0 bridgehead atoms. The summed E-state index contributed by atoms with van der Waals surface area (Å²) in [4.78, 5) is 16.1. The fraction of sp³-hybridized carbons (Fsp3) is 0.393. The van der Waals surface area contributed by atoms with Crippen LogP contribution < -0.4 is 11.1 Å². The second-order valence-electron chi connectivity index (χ2n) is 10.2. The predicted octanol–water partition coefficient (Wildman–Crippen LogP) is 3.76. The van der Waals surface area contributed by atoms with Gasteiger partial charge in [-0.2, -0.15) is 0 Å². The number of nitrogens with one attached hydrogen (secondary N) is 2. The number of aromatic hydroxyl groups is 2. The molecule has 3 aliphatic rings. The lowest BCUT2D eigenvalue weighted by molar-refractivity contribution is 0.0737. The number of amides is 1. The number of H-pyrrole nitrogens is 1. The number of carbonyl (C=O) groups is 1. The number of carbonyl (C=O) groups excluding carboxylic acids is 1. The van der Waals surface area contributed by atoms with Crippen LogP contribution >= 0.6 is 0 Å². The molecule has 1 amide bonds. The third-order valence-electron chi connectivity index (χ3n) is 8.05. The van der Waals surface area contributed by atoms with Gasteiger partial charge in [-0.25, -0.2) is 0 Å². The molecule has 7 nitrogen and oxygen atoms in total. The Morgan fingerprint density at radius 1 is 1.20 bits per heavy atom. The largest absolute Gasteiger partial charge is 0.504 e. The van der Waals surface area contributed by atoms with Crippen LogP contribution in [0.25, 0.3) is 10.9 Å². The van der Waals surface area contributed by atoms with Crippen molar-refractivity contribution in [1.29, 1.82) is 0 Å². The number of phenolic OH excluding ortho intramolecular Hbond substituents is 2. The van der Waals surface area contributed by atoms with Gasteiger partial charge in [-0.15, -0.1) is 0 Å². The summed E-state index contributed by atoms with van der Waals surface area (Å²) >= 11 is 0. The Balaban J connectivity index is 0.000000453. The second-order valence-corrected chi connectivity index (χ2v) is 10.2. The van der Waals surface area contributed by atoms with Crippen LogP contribution in [0, 0.1) is 12.8 Å². The van der Waals surface area contributed by atoms with Crippen molar-refractivity contribution in [3.05, 3.63) is 71.4 Å². The number of aliphatic hydroxyl groups is 1. The van der Waals surface area contributed by atoms with Crippen molar-refractivity contribution in [1.82, 2.24) is 10.3 Å². The van der Waals surface area contributed by atoms with Gasteiger partial charge in [0.1, 0.15) is 5.60 Å². The molecule has 1 heterocycles. The minimum absolute atomic E-state index is 0.184. The molecule has 1 aromatic heterocycles. The molecule has 3 fully saturated rings. The molecule has 7 heteroatoms. The van der Waals surface area contributed by atoms with E-state index in [1.165, 1.54) is 18.9 Å². The minimum atomic E-state index is -1.14. The number of hydrogen-bond acceptors (Lipinski definition) is 5. The quantitative estimate of drug-likeness (QED) is 0.253. The summed E-state index contributed by atoms with van der Waals surface area (Å²) in [7, 11) is 0. The maximum absolute atomic E-state index is 13.0. The lowest BCUT2D eigenvalue weighted by Crippen LogP contribution is -2.44. The zero-order chi connectivity index (χ0) is 25.0. The molecule has 3 unspecified atom stereocenters. The molecule has 35 heavy (non-hydrogen) atoms. The van der Waals surface area contributed by atoms with Crippen molar-refractivity contribution < 1.29 is 20.1 Å². The SMILES string of the molecule is C=C1C2(O)CCC(NC(=O)c3cccc4cc[nH]c34)CC12c1c(C)ccc(O)c1O.NCC1CC1. The highest BCUT2D eigenvalue weighted by molar-refractivity contribution is 6.05. The monoisotopic (exact) mass is 475 g/mol. The van der Waals surface area contributed by atoms with Gasteiger partial charge in [0.05, 0.1) is 16.5 Å². The maximum atomic E-state index is 13.0. The number of aromatic amines is 1. The van der Waals surface area contributed by atoms with Crippen LogP contribution in [0.4, 0.5) is 0 Å². The van der Waals surface area contributed by atoms with Crippen molar-refractivity contribution in [2.75, 3.05) is 6.54 Å². The highest BCUT2D eigenvalue weighted by Gasteiger charge is 2.74. The summed E-state index contributed by atoms with van der Waals surface area (Å²) in [6, 6.07) is 10.5. The van der Waals surface area contributed by atoms with Crippen molar-refractivity contribution in [3.63, 3.8) is 0 Å². The fourth-order valence-electron chi connectivity index (χ4n) is 5.78. The molecule has 6 rings (SSSR count). The average molecular weight is 476 g/mol. The first-order valence-corrected chi connectivity index (χ1v) is 12.2. The number of aromatic nitrogens is 1. The van der Waals surface area contributed by atoms with Gasteiger partial charge in [0.25, 0.3) is 5.91 Å². The van der Waals surface area contributed by atoms with Gasteiger partial charge < -0.3 is 31.4 Å². The Kier molecular flexibility index (Phi) is 5.65. The van der Waals surface area contributed by atoms with Crippen LogP contribution in [0.3, 0.4) is 0 Å². The van der Waals surface area contributed by atoms with Crippen LogP contribution in [0.2, 0.25) is 0 Å². The molecule has 7 N–H and O–H groups in total. The Hall–Kier alpha value is -3.29. The third kappa shape index (κ3) is 3.70. The van der Waals surface area contributed by atoms with E-state index in [1.54, 1.807) is 18.3 Å². The summed E-state index contributed by atoms with van der Waals surface area (Å²) in [5.74, 6) is 0.276. The van der Waals surface area contributed by atoms with E-state index in [2.05, 4.69) is 16.9 Å². The van der Waals surface area contributed by atoms with Crippen LogP contribution in [0.5, 0.6) is 11.5 Å². The molecule has 0 radical (unpaired) electrons. The Labute approximate surface area is 204 Å². The van der Waals surface area contributed by atoms with Crippen LogP contribution in [0.15, 0.2) is 54.7 Å². The van der Waals surface area contributed by atoms with Gasteiger partial charge >= 0.3 is 0 Å². The van der Waals surface area contributed by atoms with Gasteiger partial charge in [-0.3, -0.25) is 4.79 Å². The van der Waals surface area contributed by atoms with Gasteiger partial charge in [-0.05, 0) is 80.8 Å². The van der Waals surface area contributed by atoms with Gasteiger partial charge in [-0.1, -0.05) is 24.8 Å². The molecular formula is C28H33N3O4. The minimum Gasteiger partial charge on any atom is -0.504 e. The third-order valence-corrected chi connectivity index (χ3v) is 8.05. The number of benzene rings is 2. The zero-order valence-electron chi connectivity index (χ0n) is 20.0. The predicted molar refractivity (Wildman–Crippen MR) is 135 cm³/mol. The molecule has 0 saturated heterocycles. The second kappa shape index (κ2) is 8.43. The number of phenols is 2. The lowest BCUT2D eigenvalue weighted by atomic mass is 9.76. The first kappa shape index (κ1) is 23.5. The average Bonchev–Trinajstić information content (AvgIpc) is 3.69. The van der Waals surface area contributed by atoms with Crippen LogP contribution in [-0.2, 0) is 5.41 Å². The van der Waals surface area contributed by atoms with Gasteiger partial charge in [0.15, 0.2) is 11.5 Å². The number of fused-ring (bicyclic) bond motifs is 2. The Bertz CT molecular complexity index is 1310. The highest BCUT2D eigenvalue weighted by atomic mass is 16.3. The fourth-order valence-corrected chi connectivity index (χ4v) is 5.78. The van der Waals surface area contributed by atoms with Crippen LogP contribution in [-0.4, -0.2) is 44.4 Å². The normalized spacial score (nSPS) is 27.1. The molecule has 3 aromatic rings. The zero-order valence-corrected chi connectivity index (χ0v) is 20.0. The van der Waals surface area contributed by atoms with Crippen molar-refractivity contribution >= 4 is 16.8 Å². The summed E-state index contributed by atoms with van der Waals surface area (Å²) in [6.07, 6.45) is 6.01. The lowest BCUT2D eigenvalue weighted by Gasteiger charge is -2.34.